The second-order valence-corrected chi connectivity index (χ2v) is 8.33. The topological polar surface area (TPSA) is 40.6 Å². The highest BCUT2D eigenvalue weighted by Gasteiger charge is 2.31. The summed E-state index contributed by atoms with van der Waals surface area (Å²) in [5, 5.41) is 0. The van der Waals surface area contributed by atoms with Crippen molar-refractivity contribution in [1.82, 2.24) is 9.21 Å². The zero-order valence-electron chi connectivity index (χ0n) is 12.1. The molecule has 0 aromatic heterocycles. The van der Waals surface area contributed by atoms with Gasteiger partial charge in [0.2, 0.25) is 10.0 Å². The number of rotatable bonds is 3. The Kier molecular flexibility index (Phi) is 4.89. The first-order valence-electron chi connectivity index (χ1n) is 6.75. The maximum absolute atomic E-state index is 12.7. The molecule has 1 fully saturated rings. The second-order valence-electron chi connectivity index (χ2n) is 5.51. The van der Waals surface area contributed by atoms with Crippen LogP contribution in [0, 0.1) is 6.92 Å². The number of halogens is 1. The van der Waals surface area contributed by atoms with Crippen LogP contribution in [-0.2, 0) is 10.0 Å². The van der Waals surface area contributed by atoms with Crippen LogP contribution < -0.4 is 0 Å². The SMILES string of the molecule is Cc1ccc(S(=O)(=O)N(C)C2CCCN(C)C2)c(Br)c1. The summed E-state index contributed by atoms with van der Waals surface area (Å²) in [4.78, 5) is 2.53. The summed E-state index contributed by atoms with van der Waals surface area (Å²) >= 11 is 3.37. The number of aryl methyl sites for hydroxylation is 1. The highest BCUT2D eigenvalue weighted by Crippen LogP contribution is 2.28. The lowest BCUT2D eigenvalue weighted by Crippen LogP contribution is -2.47. The van der Waals surface area contributed by atoms with Gasteiger partial charge in [-0.05, 0) is 67.0 Å². The van der Waals surface area contributed by atoms with E-state index in [-0.39, 0.29) is 6.04 Å². The first kappa shape index (κ1) is 15.9. The fourth-order valence-electron chi connectivity index (χ4n) is 2.60. The summed E-state index contributed by atoms with van der Waals surface area (Å²) in [6.45, 7) is 3.78. The van der Waals surface area contributed by atoms with Crippen LogP contribution in [0.2, 0.25) is 0 Å². The van der Waals surface area contributed by atoms with Crippen molar-refractivity contribution in [2.24, 2.45) is 0 Å². The molecule has 0 saturated carbocycles. The van der Waals surface area contributed by atoms with Gasteiger partial charge in [-0.3, -0.25) is 0 Å². The van der Waals surface area contributed by atoms with Gasteiger partial charge in [0, 0.05) is 24.1 Å². The van der Waals surface area contributed by atoms with Crippen LogP contribution in [0.4, 0.5) is 0 Å². The molecule has 20 heavy (non-hydrogen) atoms. The van der Waals surface area contributed by atoms with Gasteiger partial charge < -0.3 is 4.90 Å². The number of hydrogen-bond donors (Lipinski definition) is 0. The summed E-state index contributed by atoms with van der Waals surface area (Å²) in [5.74, 6) is 0. The van der Waals surface area contributed by atoms with Gasteiger partial charge in [0.15, 0.2) is 0 Å². The van der Waals surface area contributed by atoms with Gasteiger partial charge in [-0.15, -0.1) is 0 Å². The van der Waals surface area contributed by atoms with Gasteiger partial charge in [0.1, 0.15) is 0 Å². The van der Waals surface area contributed by atoms with Crippen LogP contribution in [-0.4, -0.2) is 50.8 Å². The third-order valence-corrected chi connectivity index (χ3v) is 6.74. The van der Waals surface area contributed by atoms with Crippen molar-refractivity contribution in [3.05, 3.63) is 28.2 Å². The Morgan fingerprint density at radius 3 is 2.70 bits per heavy atom. The number of likely N-dealkylation sites (tertiary alicyclic amines) is 1. The van der Waals surface area contributed by atoms with E-state index in [4.69, 9.17) is 0 Å². The van der Waals surface area contributed by atoms with Gasteiger partial charge in [-0.25, -0.2) is 8.42 Å². The molecule has 1 aromatic rings. The van der Waals surface area contributed by atoms with E-state index < -0.39 is 10.0 Å². The predicted molar refractivity (Wildman–Crippen MR) is 84.3 cm³/mol. The van der Waals surface area contributed by atoms with Crippen molar-refractivity contribution in [3.63, 3.8) is 0 Å². The van der Waals surface area contributed by atoms with Crippen LogP contribution in [0.15, 0.2) is 27.6 Å². The molecule has 0 aliphatic carbocycles. The van der Waals surface area contributed by atoms with Gasteiger partial charge in [0.05, 0.1) is 4.90 Å². The zero-order valence-corrected chi connectivity index (χ0v) is 14.5. The molecule has 0 N–H and O–H groups in total. The molecular formula is C14H21BrN2O2S. The van der Waals surface area contributed by atoms with Crippen molar-refractivity contribution in [3.8, 4) is 0 Å². The molecule has 0 bridgehead atoms. The first-order chi connectivity index (χ1) is 9.32. The molecule has 1 aliphatic heterocycles. The minimum atomic E-state index is -3.45. The van der Waals surface area contributed by atoms with Crippen LogP contribution in [0.25, 0.3) is 0 Å². The average molecular weight is 361 g/mol. The molecule has 1 aliphatic rings. The van der Waals surface area contributed by atoms with Crippen LogP contribution in [0.3, 0.4) is 0 Å². The maximum Gasteiger partial charge on any atom is 0.244 e. The number of likely N-dealkylation sites (N-methyl/N-ethyl adjacent to an activating group) is 2. The number of nitrogens with zero attached hydrogens (tertiary/aromatic N) is 2. The molecular weight excluding hydrogens is 340 g/mol. The van der Waals surface area contributed by atoms with Gasteiger partial charge >= 0.3 is 0 Å². The molecule has 6 heteroatoms. The highest BCUT2D eigenvalue weighted by molar-refractivity contribution is 9.10. The van der Waals surface area contributed by atoms with E-state index in [0.29, 0.717) is 9.37 Å². The largest absolute Gasteiger partial charge is 0.305 e. The normalized spacial score (nSPS) is 21.4. The number of benzene rings is 1. The van der Waals surface area contributed by atoms with Crippen molar-refractivity contribution in [2.75, 3.05) is 27.2 Å². The molecule has 112 valence electrons. The first-order valence-corrected chi connectivity index (χ1v) is 8.98. The highest BCUT2D eigenvalue weighted by atomic mass is 79.9. The molecule has 1 heterocycles. The van der Waals surface area contributed by atoms with E-state index in [1.807, 2.05) is 26.1 Å². The lowest BCUT2D eigenvalue weighted by Gasteiger charge is -2.35. The van der Waals surface area contributed by atoms with E-state index >= 15 is 0 Å². The Morgan fingerprint density at radius 1 is 1.40 bits per heavy atom. The summed E-state index contributed by atoms with van der Waals surface area (Å²) in [6, 6.07) is 5.40. The van der Waals surface area contributed by atoms with Crippen LogP contribution in [0.5, 0.6) is 0 Å². The lowest BCUT2D eigenvalue weighted by atomic mass is 10.1. The number of sulfonamides is 1. The molecule has 1 unspecified atom stereocenters. The molecule has 1 aromatic carbocycles. The predicted octanol–water partition coefficient (Wildman–Crippen LogP) is 2.47. The zero-order chi connectivity index (χ0) is 14.9. The van der Waals surface area contributed by atoms with E-state index in [0.717, 1.165) is 31.5 Å². The summed E-state index contributed by atoms with van der Waals surface area (Å²) in [5.41, 5.74) is 1.04. The lowest BCUT2D eigenvalue weighted by molar-refractivity contribution is 0.187. The number of hydrogen-bond acceptors (Lipinski definition) is 3. The molecule has 1 saturated heterocycles. The molecule has 2 rings (SSSR count). The van der Waals surface area contributed by atoms with Crippen molar-refractivity contribution >= 4 is 26.0 Å². The third kappa shape index (κ3) is 3.24. The van der Waals surface area contributed by atoms with Crippen LogP contribution >= 0.6 is 15.9 Å². The molecule has 0 amide bonds. The smallest absolute Gasteiger partial charge is 0.244 e. The Labute approximate surface area is 129 Å². The summed E-state index contributed by atoms with van der Waals surface area (Å²) < 4.78 is 27.7. The van der Waals surface area contributed by atoms with E-state index in [1.165, 1.54) is 4.31 Å². The van der Waals surface area contributed by atoms with Crippen LogP contribution in [0.1, 0.15) is 18.4 Å². The fraction of sp³-hybridized carbons (Fsp3) is 0.571. The molecule has 0 spiro atoms. The Morgan fingerprint density at radius 2 is 2.10 bits per heavy atom. The maximum atomic E-state index is 12.7. The van der Waals surface area contributed by atoms with Gasteiger partial charge in [-0.1, -0.05) is 6.07 Å². The van der Waals surface area contributed by atoms with E-state index in [1.54, 1.807) is 13.1 Å². The molecule has 4 nitrogen and oxygen atoms in total. The van der Waals surface area contributed by atoms with Crippen molar-refractivity contribution in [1.29, 1.82) is 0 Å². The standard InChI is InChI=1S/C14H21BrN2O2S/c1-11-6-7-14(13(15)9-11)20(18,19)17(3)12-5-4-8-16(2)10-12/h6-7,9,12H,4-5,8,10H2,1-3H3. The fourth-order valence-corrected chi connectivity index (χ4v) is 5.13. The average Bonchev–Trinajstić information content (AvgIpc) is 2.37. The van der Waals surface area contributed by atoms with E-state index in [2.05, 4.69) is 20.8 Å². The summed E-state index contributed by atoms with van der Waals surface area (Å²) in [6.07, 6.45) is 1.96. The van der Waals surface area contributed by atoms with Gasteiger partial charge in [-0.2, -0.15) is 4.31 Å². The van der Waals surface area contributed by atoms with Crippen molar-refractivity contribution in [2.45, 2.75) is 30.7 Å². The Balaban J connectivity index is 2.29. The minimum absolute atomic E-state index is 0.0481. The Bertz CT molecular complexity index is 589. The molecule has 1 atom stereocenters. The Hall–Kier alpha value is -0.430. The van der Waals surface area contributed by atoms with E-state index in [9.17, 15) is 8.42 Å². The monoisotopic (exact) mass is 360 g/mol. The third-order valence-electron chi connectivity index (χ3n) is 3.86. The second kappa shape index (κ2) is 6.13. The van der Waals surface area contributed by atoms with Gasteiger partial charge in [0.25, 0.3) is 0 Å². The quantitative estimate of drug-likeness (QED) is 0.831. The van der Waals surface area contributed by atoms with Crippen molar-refractivity contribution < 1.29 is 8.42 Å². The number of piperidine rings is 1. The minimum Gasteiger partial charge on any atom is -0.305 e. The molecule has 0 radical (unpaired) electrons. The summed E-state index contributed by atoms with van der Waals surface area (Å²) in [7, 11) is 0.272.